The van der Waals surface area contributed by atoms with E-state index in [2.05, 4.69) is 9.88 Å². The quantitative estimate of drug-likeness (QED) is 0.873. The van der Waals surface area contributed by atoms with E-state index in [0.717, 1.165) is 25.5 Å². The van der Waals surface area contributed by atoms with Gasteiger partial charge >= 0.3 is 0 Å². The standard InChI is InChI=1S/C14H23N3O4S/c1-4-12-13(10(2)21-16-12)14(18)17-8-6-5-7-11(17)9-15-22(3,19)20/h11,15H,4-9H2,1-3H3. The molecule has 1 saturated heterocycles. The molecule has 0 aliphatic carbocycles. The molecule has 1 atom stereocenters. The molecule has 124 valence electrons. The van der Waals surface area contributed by atoms with E-state index in [9.17, 15) is 13.2 Å². The molecule has 0 aromatic carbocycles. The lowest BCUT2D eigenvalue weighted by atomic mass is 10.00. The molecule has 0 radical (unpaired) electrons. The van der Waals surface area contributed by atoms with Crippen LogP contribution in [0, 0.1) is 6.92 Å². The predicted molar refractivity (Wildman–Crippen MR) is 82.1 cm³/mol. The molecule has 1 amide bonds. The van der Waals surface area contributed by atoms with Gasteiger partial charge in [0, 0.05) is 19.1 Å². The normalized spacial score (nSPS) is 19.4. The minimum Gasteiger partial charge on any atom is -0.361 e. The number of likely N-dealkylation sites (tertiary alicyclic amines) is 1. The Labute approximate surface area is 131 Å². The highest BCUT2D eigenvalue weighted by Crippen LogP contribution is 2.23. The number of rotatable bonds is 5. The van der Waals surface area contributed by atoms with E-state index in [4.69, 9.17) is 4.52 Å². The summed E-state index contributed by atoms with van der Waals surface area (Å²) >= 11 is 0. The van der Waals surface area contributed by atoms with Gasteiger partial charge in [0.2, 0.25) is 10.0 Å². The summed E-state index contributed by atoms with van der Waals surface area (Å²) in [6, 6.07) is -0.130. The first-order valence-electron chi connectivity index (χ1n) is 7.54. The first kappa shape index (κ1) is 17.0. The summed E-state index contributed by atoms with van der Waals surface area (Å²) in [4.78, 5) is 14.6. The van der Waals surface area contributed by atoms with E-state index in [0.29, 0.717) is 30.0 Å². The topological polar surface area (TPSA) is 92.5 Å². The third-order valence-electron chi connectivity index (χ3n) is 3.95. The lowest BCUT2D eigenvalue weighted by Crippen LogP contribution is -2.49. The Hall–Kier alpha value is -1.41. The summed E-state index contributed by atoms with van der Waals surface area (Å²) in [5.41, 5.74) is 1.18. The van der Waals surface area contributed by atoms with Gasteiger partial charge in [0.1, 0.15) is 11.3 Å². The summed E-state index contributed by atoms with van der Waals surface area (Å²) in [7, 11) is -3.27. The van der Waals surface area contributed by atoms with E-state index in [1.807, 2.05) is 6.92 Å². The average Bonchev–Trinajstić information content (AvgIpc) is 2.85. The van der Waals surface area contributed by atoms with Crippen LogP contribution in [0.15, 0.2) is 4.52 Å². The van der Waals surface area contributed by atoms with Gasteiger partial charge in [0.25, 0.3) is 5.91 Å². The van der Waals surface area contributed by atoms with Gasteiger partial charge in [-0.05, 0) is 32.6 Å². The number of nitrogens with zero attached hydrogens (tertiary/aromatic N) is 2. The zero-order chi connectivity index (χ0) is 16.3. The molecule has 8 heteroatoms. The van der Waals surface area contributed by atoms with E-state index in [1.165, 1.54) is 0 Å². The molecule has 1 aliphatic heterocycles. The molecular weight excluding hydrogens is 306 g/mol. The van der Waals surface area contributed by atoms with Crippen LogP contribution in [0.1, 0.15) is 48.0 Å². The number of sulfonamides is 1. The van der Waals surface area contributed by atoms with Crippen molar-refractivity contribution in [1.82, 2.24) is 14.8 Å². The summed E-state index contributed by atoms with van der Waals surface area (Å²) in [5.74, 6) is 0.401. The van der Waals surface area contributed by atoms with Crippen LogP contribution in [0.4, 0.5) is 0 Å². The highest BCUT2D eigenvalue weighted by atomic mass is 32.2. The Kier molecular flexibility index (Phi) is 5.23. The molecule has 1 fully saturated rings. The molecule has 22 heavy (non-hydrogen) atoms. The highest BCUT2D eigenvalue weighted by Gasteiger charge is 2.31. The van der Waals surface area contributed by atoms with Crippen molar-refractivity contribution in [3.8, 4) is 0 Å². The lowest BCUT2D eigenvalue weighted by molar-refractivity contribution is 0.0616. The zero-order valence-corrected chi connectivity index (χ0v) is 14.1. The van der Waals surface area contributed by atoms with Crippen LogP contribution in [0.2, 0.25) is 0 Å². The number of amides is 1. The van der Waals surface area contributed by atoms with Gasteiger partial charge in [-0.1, -0.05) is 12.1 Å². The predicted octanol–water partition coefficient (Wildman–Crippen LogP) is 1.09. The SMILES string of the molecule is CCc1noc(C)c1C(=O)N1CCCCC1CNS(C)(=O)=O. The number of carbonyl (C=O) groups is 1. The van der Waals surface area contributed by atoms with E-state index in [-0.39, 0.29) is 18.5 Å². The Bertz CT molecular complexity index is 639. The number of hydrogen-bond acceptors (Lipinski definition) is 5. The fourth-order valence-electron chi connectivity index (χ4n) is 2.80. The van der Waals surface area contributed by atoms with E-state index in [1.54, 1.807) is 11.8 Å². The molecule has 7 nitrogen and oxygen atoms in total. The van der Waals surface area contributed by atoms with Crippen LogP contribution < -0.4 is 4.72 Å². The van der Waals surface area contributed by atoms with Crippen molar-refractivity contribution >= 4 is 15.9 Å². The fraction of sp³-hybridized carbons (Fsp3) is 0.714. The van der Waals surface area contributed by atoms with E-state index >= 15 is 0 Å². The fourth-order valence-corrected chi connectivity index (χ4v) is 3.30. The van der Waals surface area contributed by atoms with Gasteiger partial charge in [-0.25, -0.2) is 13.1 Å². The summed E-state index contributed by atoms with van der Waals surface area (Å²) in [5, 5.41) is 3.93. The van der Waals surface area contributed by atoms with Gasteiger partial charge in [-0.15, -0.1) is 0 Å². The van der Waals surface area contributed by atoms with Crippen molar-refractivity contribution in [2.75, 3.05) is 19.3 Å². The Balaban J connectivity index is 2.19. The summed E-state index contributed by atoms with van der Waals surface area (Å²) in [6.07, 6.45) is 4.45. The van der Waals surface area contributed by atoms with Crippen molar-refractivity contribution in [2.24, 2.45) is 0 Å². The second-order valence-corrected chi connectivity index (χ2v) is 7.52. The third kappa shape index (κ3) is 3.86. The maximum absolute atomic E-state index is 12.8. The average molecular weight is 329 g/mol. The number of hydrogen-bond donors (Lipinski definition) is 1. The minimum atomic E-state index is -3.27. The molecule has 1 aromatic heterocycles. The molecular formula is C14H23N3O4S. The van der Waals surface area contributed by atoms with Crippen molar-refractivity contribution in [1.29, 1.82) is 0 Å². The molecule has 0 spiro atoms. The second-order valence-electron chi connectivity index (χ2n) is 5.68. The van der Waals surface area contributed by atoms with E-state index < -0.39 is 10.0 Å². The second kappa shape index (κ2) is 6.78. The van der Waals surface area contributed by atoms with Crippen LogP contribution in [0.25, 0.3) is 0 Å². The first-order valence-corrected chi connectivity index (χ1v) is 9.43. The third-order valence-corrected chi connectivity index (χ3v) is 4.64. The molecule has 1 unspecified atom stereocenters. The maximum atomic E-state index is 12.8. The molecule has 0 saturated carbocycles. The smallest absolute Gasteiger partial charge is 0.259 e. The van der Waals surface area contributed by atoms with Gasteiger partial charge in [0.15, 0.2) is 0 Å². The zero-order valence-electron chi connectivity index (χ0n) is 13.3. The van der Waals surface area contributed by atoms with Crippen LogP contribution in [-0.2, 0) is 16.4 Å². The molecule has 1 N–H and O–H groups in total. The summed E-state index contributed by atoms with van der Waals surface area (Å²) in [6.45, 7) is 4.53. The van der Waals surface area contributed by atoms with Gasteiger partial charge in [0.05, 0.1) is 11.9 Å². The Morgan fingerprint density at radius 2 is 2.18 bits per heavy atom. The Morgan fingerprint density at radius 3 is 2.82 bits per heavy atom. The molecule has 2 heterocycles. The Morgan fingerprint density at radius 1 is 1.45 bits per heavy atom. The van der Waals surface area contributed by atoms with Crippen LogP contribution in [0.3, 0.4) is 0 Å². The number of aromatic nitrogens is 1. The lowest BCUT2D eigenvalue weighted by Gasteiger charge is -2.35. The number of aryl methyl sites for hydroxylation is 2. The van der Waals surface area contributed by atoms with Crippen LogP contribution in [-0.4, -0.2) is 49.8 Å². The van der Waals surface area contributed by atoms with Crippen LogP contribution in [0.5, 0.6) is 0 Å². The van der Waals surface area contributed by atoms with Gasteiger partial charge in [-0.3, -0.25) is 4.79 Å². The number of piperidine rings is 1. The van der Waals surface area contributed by atoms with Crippen molar-refractivity contribution in [2.45, 2.75) is 45.6 Å². The van der Waals surface area contributed by atoms with Crippen molar-refractivity contribution in [3.05, 3.63) is 17.0 Å². The largest absolute Gasteiger partial charge is 0.361 e. The van der Waals surface area contributed by atoms with Crippen molar-refractivity contribution in [3.63, 3.8) is 0 Å². The first-order chi connectivity index (χ1) is 10.3. The number of nitrogens with one attached hydrogen (secondary N) is 1. The molecule has 2 rings (SSSR count). The number of carbonyl (C=O) groups excluding carboxylic acids is 1. The summed E-state index contributed by atoms with van der Waals surface area (Å²) < 4.78 is 30.2. The molecule has 1 aromatic rings. The van der Waals surface area contributed by atoms with Crippen molar-refractivity contribution < 1.29 is 17.7 Å². The van der Waals surface area contributed by atoms with Gasteiger partial charge in [-0.2, -0.15) is 0 Å². The van der Waals surface area contributed by atoms with Crippen LogP contribution >= 0.6 is 0 Å². The molecule has 0 bridgehead atoms. The highest BCUT2D eigenvalue weighted by molar-refractivity contribution is 7.88. The molecule has 1 aliphatic rings. The maximum Gasteiger partial charge on any atom is 0.259 e. The monoisotopic (exact) mass is 329 g/mol. The van der Waals surface area contributed by atoms with Gasteiger partial charge < -0.3 is 9.42 Å². The minimum absolute atomic E-state index is 0.115.